The number of carbonyl (C=O) groups is 1. The van der Waals surface area contributed by atoms with Gasteiger partial charge in [0.15, 0.2) is 0 Å². The fourth-order valence-corrected chi connectivity index (χ4v) is 5.93. The van der Waals surface area contributed by atoms with E-state index in [4.69, 9.17) is 15.2 Å². The maximum atomic E-state index is 13.3. The Labute approximate surface area is 240 Å². The van der Waals surface area contributed by atoms with E-state index < -0.39 is 11.8 Å². The molecule has 7 nitrogen and oxygen atoms in total. The Morgan fingerprint density at radius 2 is 1.95 bits per heavy atom. The van der Waals surface area contributed by atoms with Gasteiger partial charge in [-0.1, -0.05) is 42.5 Å². The van der Waals surface area contributed by atoms with E-state index in [0.29, 0.717) is 24.6 Å². The number of hydrogen-bond acceptors (Lipinski definition) is 6. The highest BCUT2D eigenvalue weighted by Crippen LogP contribution is 2.34. The summed E-state index contributed by atoms with van der Waals surface area (Å²) in [5, 5.41) is 10.9. The van der Waals surface area contributed by atoms with Crippen LogP contribution < -0.4 is 5.73 Å². The van der Waals surface area contributed by atoms with E-state index in [-0.39, 0.29) is 12.1 Å². The standard InChI is InChI=1S/C33H47N3O4/c1-33(2,3)40-32(38)35(20-9-13-24-10-6-5-7-11-24)26-14-8-12-25(15-16-26)19-21-36-30-22-27(39-4)17-18-28(30)29(34)23-31(36)37/h5-7,10-11,14,17-18,23,25,30-31,37H,8-9,12-13,15-16,19-22,34H2,1-4H3/t25-,30?,31?/m0/s1. The number of amides is 1. The molecule has 3 aliphatic rings. The summed E-state index contributed by atoms with van der Waals surface area (Å²) in [5.41, 5.74) is 9.77. The Hall–Kier alpha value is -3.03. The molecule has 2 aliphatic carbocycles. The molecule has 2 unspecified atom stereocenters. The molecule has 4 rings (SSSR count). The number of carbonyl (C=O) groups excluding carboxylic acids is 1. The van der Waals surface area contributed by atoms with Gasteiger partial charge in [0.2, 0.25) is 0 Å². The van der Waals surface area contributed by atoms with Crippen LogP contribution in [0.3, 0.4) is 0 Å². The number of nitrogens with two attached hydrogens (primary N) is 1. The second kappa shape index (κ2) is 13.6. The summed E-state index contributed by atoms with van der Waals surface area (Å²) in [6.07, 6.45) is 14.3. The lowest BCUT2D eigenvalue weighted by Gasteiger charge is -2.41. The summed E-state index contributed by atoms with van der Waals surface area (Å²) < 4.78 is 11.3. The SMILES string of the molecule is COC1=CC=C2C(N)=CC(O)N(CC[C@H]3CCC=C(N(CCCc4ccccc4)C(=O)OC(C)(C)C)CC3)C2C1. The minimum absolute atomic E-state index is 0.0201. The van der Waals surface area contributed by atoms with E-state index in [1.807, 2.05) is 43.9 Å². The van der Waals surface area contributed by atoms with E-state index in [1.165, 1.54) is 5.56 Å². The van der Waals surface area contributed by atoms with Crippen molar-refractivity contribution in [3.63, 3.8) is 0 Å². The van der Waals surface area contributed by atoms with Gasteiger partial charge in [-0.3, -0.25) is 9.80 Å². The van der Waals surface area contributed by atoms with Crippen LogP contribution in [0.4, 0.5) is 4.79 Å². The minimum atomic E-state index is -0.704. The first-order valence-corrected chi connectivity index (χ1v) is 14.7. The number of fused-ring (bicyclic) bond motifs is 1. The Morgan fingerprint density at radius 1 is 1.18 bits per heavy atom. The molecule has 1 amide bonds. The maximum Gasteiger partial charge on any atom is 0.414 e. The van der Waals surface area contributed by atoms with Crippen molar-refractivity contribution in [2.24, 2.45) is 11.7 Å². The van der Waals surface area contributed by atoms with Gasteiger partial charge in [-0.05, 0) is 94.9 Å². The highest BCUT2D eigenvalue weighted by Gasteiger charge is 2.35. The van der Waals surface area contributed by atoms with Crippen molar-refractivity contribution in [1.29, 1.82) is 0 Å². The second-order valence-corrected chi connectivity index (χ2v) is 12.1. The number of aliphatic hydroxyl groups excluding tert-OH is 1. The van der Waals surface area contributed by atoms with Crippen LogP contribution in [0.2, 0.25) is 0 Å². The zero-order valence-electron chi connectivity index (χ0n) is 24.6. The molecule has 0 spiro atoms. The van der Waals surface area contributed by atoms with Crippen LogP contribution in [0, 0.1) is 5.92 Å². The van der Waals surface area contributed by atoms with Gasteiger partial charge in [0, 0.05) is 36.9 Å². The zero-order valence-corrected chi connectivity index (χ0v) is 24.6. The molecule has 0 fully saturated rings. The Bertz CT molecular complexity index is 1130. The van der Waals surface area contributed by atoms with Gasteiger partial charge in [-0.15, -0.1) is 0 Å². The summed E-state index contributed by atoms with van der Waals surface area (Å²) in [7, 11) is 1.69. The number of hydrogen-bond donors (Lipinski definition) is 2. The number of methoxy groups -OCH3 is 1. The maximum absolute atomic E-state index is 13.3. The zero-order chi connectivity index (χ0) is 28.7. The van der Waals surface area contributed by atoms with Crippen molar-refractivity contribution in [3.05, 3.63) is 82.9 Å². The summed E-state index contributed by atoms with van der Waals surface area (Å²) in [6, 6.07) is 10.4. The molecule has 1 aliphatic heterocycles. The summed E-state index contributed by atoms with van der Waals surface area (Å²) in [6.45, 7) is 7.17. The molecule has 0 aromatic heterocycles. The number of ether oxygens (including phenoxy) is 2. The minimum Gasteiger partial charge on any atom is -0.501 e. The van der Waals surface area contributed by atoms with Gasteiger partial charge in [0.25, 0.3) is 0 Å². The van der Waals surface area contributed by atoms with Crippen LogP contribution >= 0.6 is 0 Å². The first-order chi connectivity index (χ1) is 19.1. The van der Waals surface area contributed by atoms with Crippen LogP contribution in [0.1, 0.15) is 71.3 Å². The number of nitrogens with zero attached hydrogens (tertiary/aromatic N) is 2. The van der Waals surface area contributed by atoms with Crippen LogP contribution in [0.5, 0.6) is 0 Å². The molecular weight excluding hydrogens is 502 g/mol. The molecule has 7 heteroatoms. The molecular formula is C33H47N3O4. The summed E-state index contributed by atoms with van der Waals surface area (Å²) in [5.74, 6) is 1.40. The highest BCUT2D eigenvalue weighted by molar-refractivity contribution is 5.70. The van der Waals surface area contributed by atoms with Crippen LogP contribution in [-0.2, 0) is 15.9 Å². The smallest absolute Gasteiger partial charge is 0.414 e. The van der Waals surface area contributed by atoms with Gasteiger partial charge in [0.05, 0.1) is 12.9 Å². The summed E-state index contributed by atoms with van der Waals surface area (Å²) >= 11 is 0. The normalized spacial score (nSPS) is 23.6. The first-order valence-electron chi connectivity index (χ1n) is 14.7. The second-order valence-electron chi connectivity index (χ2n) is 12.1. The molecule has 0 bridgehead atoms. The fourth-order valence-electron chi connectivity index (χ4n) is 5.93. The monoisotopic (exact) mass is 549 g/mol. The Balaban J connectivity index is 1.36. The average Bonchev–Trinajstić information content (AvgIpc) is 3.15. The number of allylic oxidation sites excluding steroid dienone is 4. The van der Waals surface area contributed by atoms with E-state index >= 15 is 0 Å². The van der Waals surface area contributed by atoms with Crippen LogP contribution in [-0.4, -0.2) is 59.1 Å². The van der Waals surface area contributed by atoms with E-state index in [9.17, 15) is 9.90 Å². The average molecular weight is 550 g/mol. The predicted octanol–water partition coefficient (Wildman–Crippen LogP) is 6.03. The third-order valence-electron chi connectivity index (χ3n) is 8.08. The van der Waals surface area contributed by atoms with E-state index in [0.717, 1.165) is 68.5 Å². The Kier molecular flexibility index (Phi) is 10.1. The molecule has 218 valence electrons. The van der Waals surface area contributed by atoms with Crippen molar-refractivity contribution >= 4 is 6.09 Å². The lowest BCUT2D eigenvalue weighted by molar-refractivity contribution is 0.00506. The topological polar surface area (TPSA) is 88.3 Å². The van der Waals surface area contributed by atoms with Gasteiger partial charge in [-0.2, -0.15) is 0 Å². The van der Waals surface area contributed by atoms with Crippen molar-refractivity contribution in [2.75, 3.05) is 20.2 Å². The molecule has 40 heavy (non-hydrogen) atoms. The van der Waals surface area contributed by atoms with E-state index in [1.54, 1.807) is 13.2 Å². The van der Waals surface area contributed by atoms with Gasteiger partial charge in [-0.25, -0.2) is 4.79 Å². The lowest BCUT2D eigenvalue weighted by Crippen LogP contribution is -2.49. The molecule has 0 saturated carbocycles. The molecule has 0 saturated heterocycles. The van der Waals surface area contributed by atoms with Crippen molar-refractivity contribution in [2.45, 2.75) is 90.0 Å². The predicted molar refractivity (Wildman–Crippen MR) is 159 cm³/mol. The van der Waals surface area contributed by atoms with Gasteiger partial charge in [0.1, 0.15) is 11.8 Å². The van der Waals surface area contributed by atoms with Crippen LogP contribution in [0.15, 0.2) is 77.4 Å². The summed E-state index contributed by atoms with van der Waals surface area (Å²) in [4.78, 5) is 17.3. The van der Waals surface area contributed by atoms with E-state index in [2.05, 4.69) is 35.2 Å². The highest BCUT2D eigenvalue weighted by atomic mass is 16.6. The van der Waals surface area contributed by atoms with Crippen molar-refractivity contribution in [3.8, 4) is 0 Å². The number of rotatable bonds is 9. The number of aliphatic hydroxyl groups is 1. The molecule has 1 aromatic carbocycles. The fraction of sp³-hybridized carbons (Fsp3) is 0.545. The largest absolute Gasteiger partial charge is 0.501 e. The lowest BCUT2D eigenvalue weighted by atomic mass is 9.89. The van der Waals surface area contributed by atoms with Crippen molar-refractivity contribution < 1.29 is 19.4 Å². The molecule has 3 atom stereocenters. The van der Waals surface area contributed by atoms with Crippen molar-refractivity contribution in [1.82, 2.24) is 9.80 Å². The van der Waals surface area contributed by atoms with Gasteiger partial charge < -0.3 is 20.3 Å². The molecule has 0 radical (unpaired) electrons. The third-order valence-corrected chi connectivity index (χ3v) is 8.08. The molecule has 1 heterocycles. The Morgan fingerprint density at radius 3 is 2.67 bits per heavy atom. The molecule has 1 aromatic rings. The number of aryl methyl sites for hydroxylation is 1. The van der Waals surface area contributed by atoms with Crippen LogP contribution in [0.25, 0.3) is 0 Å². The quantitative estimate of drug-likeness (QED) is 0.391. The van der Waals surface area contributed by atoms with Gasteiger partial charge >= 0.3 is 6.09 Å². The molecule has 3 N–H and O–H groups in total. The first kappa shape index (κ1) is 29.9. The third kappa shape index (κ3) is 8.01. The number of benzene rings is 1.